The Labute approximate surface area is 186 Å². The van der Waals surface area contributed by atoms with E-state index in [0.29, 0.717) is 11.4 Å². The summed E-state index contributed by atoms with van der Waals surface area (Å²) < 4.78 is 5.28. The number of rotatable bonds is 4. The van der Waals surface area contributed by atoms with Crippen LogP contribution in [0.25, 0.3) is 0 Å². The molecule has 0 unspecified atom stereocenters. The molecule has 3 atom stereocenters. The topological polar surface area (TPSA) is 59.1 Å². The molecular formula is C26H24N2O4. The lowest BCUT2D eigenvalue weighted by Crippen LogP contribution is -2.37. The average molecular weight is 428 g/mol. The van der Waals surface area contributed by atoms with Crippen molar-refractivity contribution >= 4 is 23.2 Å². The number of carbonyl (C=O) groups is 2. The number of hydrogen-bond acceptors (Lipinski definition) is 5. The minimum absolute atomic E-state index is 0.267. The van der Waals surface area contributed by atoms with Gasteiger partial charge in [-0.3, -0.25) is 14.4 Å². The zero-order chi connectivity index (χ0) is 22.4. The smallest absolute Gasteiger partial charge is 0.266 e. The standard InChI is InChI=1S/C26H24N2O4/c1-16-12-13-21(17(2)14-16)23-22-24(32-28(23)18-8-5-4-6-9-18)26(30)27(25(22)29)19-10-7-11-20(15-19)31-3/h4-15,22-24H,1-3H3/t22-,23-,24+/m0/s1. The number of benzene rings is 3. The van der Waals surface area contributed by atoms with E-state index in [9.17, 15) is 9.59 Å². The fourth-order valence-corrected chi connectivity index (χ4v) is 4.69. The van der Waals surface area contributed by atoms with Crippen molar-refractivity contribution in [3.8, 4) is 5.75 Å². The molecule has 6 heteroatoms. The maximum absolute atomic E-state index is 13.7. The molecule has 162 valence electrons. The summed E-state index contributed by atoms with van der Waals surface area (Å²) in [5, 5.41) is 1.73. The highest BCUT2D eigenvalue weighted by Crippen LogP contribution is 2.48. The van der Waals surface area contributed by atoms with Gasteiger partial charge in [0.05, 0.1) is 24.5 Å². The lowest BCUT2D eigenvalue weighted by molar-refractivity contribution is -0.126. The quantitative estimate of drug-likeness (QED) is 0.578. The number of nitrogens with zero attached hydrogens (tertiary/aromatic N) is 2. The molecule has 2 fully saturated rings. The normalized spacial score (nSPS) is 22.4. The number of aryl methyl sites for hydroxylation is 2. The van der Waals surface area contributed by atoms with Crippen molar-refractivity contribution in [1.82, 2.24) is 0 Å². The van der Waals surface area contributed by atoms with Crippen molar-refractivity contribution in [1.29, 1.82) is 0 Å². The number of anilines is 2. The number of carbonyl (C=O) groups excluding carboxylic acids is 2. The molecule has 5 rings (SSSR count). The first-order valence-corrected chi connectivity index (χ1v) is 10.6. The molecule has 2 saturated heterocycles. The third-order valence-corrected chi connectivity index (χ3v) is 6.18. The summed E-state index contributed by atoms with van der Waals surface area (Å²) >= 11 is 0. The Balaban J connectivity index is 1.60. The van der Waals surface area contributed by atoms with Gasteiger partial charge in [-0.2, -0.15) is 0 Å². The summed E-state index contributed by atoms with van der Waals surface area (Å²) in [5.41, 5.74) is 4.46. The van der Waals surface area contributed by atoms with Crippen LogP contribution in [0.5, 0.6) is 5.75 Å². The number of hydrogen-bond donors (Lipinski definition) is 0. The van der Waals surface area contributed by atoms with Gasteiger partial charge in [-0.1, -0.05) is 48.0 Å². The summed E-state index contributed by atoms with van der Waals surface area (Å²) in [6.07, 6.45) is -0.889. The number of ether oxygens (including phenoxy) is 1. The summed E-state index contributed by atoms with van der Waals surface area (Å²) in [5.74, 6) is -0.702. The highest BCUT2D eigenvalue weighted by Gasteiger charge is 2.60. The number of hydroxylamine groups is 1. The van der Waals surface area contributed by atoms with Gasteiger partial charge in [0, 0.05) is 6.07 Å². The Morgan fingerprint density at radius 3 is 2.31 bits per heavy atom. The first-order chi connectivity index (χ1) is 15.5. The van der Waals surface area contributed by atoms with Crippen LogP contribution in [-0.4, -0.2) is 25.0 Å². The number of amides is 2. The van der Waals surface area contributed by atoms with Gasteiger partial charge in [-0.15, -0.1) is 0 Å². The zero-order valence-corrected chi connectivity index (χ0v) is 18.2. The second kappa shape index (κ2) is 7.80. The largest absolute Gasteiger partial charge is 0.497 e. The van der Waals surface area contributed by atoms with Gasteiger partial charge in [-0.25, -0.2) is 9.96 Å². The van der Waals surface area contributed by atoms with Gasteiger partial charge in [0.2, 0.25) is 5.91 Å². The molecule has 0 bridgehead atoms. The van der Waals surface area contributed by atoms with Crippen LogP contribution < -0.4 is 14.7 Å². The maximum atomic E-state index is 13.7. The molecule has 0 saturated carbocycles. The maximum Gasteiger partial charge on any atom is 0.266 e. The lowest BCUT2D eigenvalue weighted by atomic mass is 9.87. The number of imide groups is 1. The molecule has 6 nitrogen and oxygen atoms in total. The molecule has 0 aliphatic carbocycles. The van der Waals surface area contributed by atoms with Gasteiger partial charge in [-0.05, 0) is 49.2 Å². The van der Waals surface area contributed by atoms with Crippen molar-refractivity contribution in [2.24, 2.45) is 5.92 Å². The van der Waals surface area contributed by atoms with Crippen molar-refractivity contribution in [2.75, 3.05) is 17.1 Å². The lowest BCUT2D eigenvalue weighted by Gasteiger charge is -2.29. The van der Waals surface area contributed by atoms with Crippen LogP contribution in [0.15, 0.2) is 72.8 Å². The molecule has 0 aromatic heterocycles. The van der Waals surface area contributed by atoms with E-state index < -0.39 is 18.1 Å². The van der Waals surface area contributed by atoms with Crippen LogP contribution in [-0.2, 0) is 14.4 Å². The van der Waals surface area contributed by atoms with E-state index in [1.165, 1.54) is 4.90 Å². The summed E-state index contributed by atoms with van der Waals surface area (Å²) in [4.78, 5) is 34.5. The first kappa shape index (κ1) is 20.3. The second-order valence-electron chi connectivity index (χ2n) is 8.23. The van der Waals surface area contributed by atoms with Gasteiger partial charge >= 0.3 is 0 Å². The van der Waals surface area contributed by atoms with E-state index in [2.05, 4.69) is 6.07 Å². The molecule has 32 heavy (non-hydrogen) atoms. The van der Waals surface area contributed by atoms with Crippen LogP contribution in [0.4, 0.5) is 11.4 Å². The Kier molecular flexibility index (Phi) is 4.94. The number of fused-ring (bicyclic) bond motifs is 1. The third-order valence-electron chi connectivity index (χ3n) is 6.18. The molecule has 2 aliphatic heterocycles. The van der Waals surface area contributed by atoms with Crippen molar-refractivity contribution in [3.05, 3.63) is 89.5 Å². The Hall–Kier alpha value is -3.64. The van der Waals surface area contributed by atoms with Gasteiger partial charge < -0.3 is 4.74 Å². The molecule has 3 aromatic rings. The molecule has 3 aromatic carbocycles. The van der Waals surface area contributed by atoms with Crippen LogP contribution in [0.3, 0.4) is 0 Å². The predicted molar refractivity (Wildman–Crippen MR) is 121 cm³/mol. The van der Waals surface area contributed by atoms with E-state index in [1.807, 2.05) is 56.3 Å². The van der Waals surface area contributed by atoms with Crippen molar-refractivity contribution < 1.29 is 19.2 Å². The Bertz CT molecular complexity index is 1190. The Morgan fingerprint density at radius 1 is 0.844 bits per heavy atom. The van der Waals surface area contributed by atoms with Crippen LogP contribution in [0.1, 0.15) is 22.7 Å². The molecule has 2 amide bonds. The SMILES string of the molecule is COc1cccc(N2C(=O)[C@@H]3[C@@H](ON(c4ccccc4)[C@H]3c3ccc(C)cc3C)C2=O)c1. The summed E-state index contributed by atoms with van der Waals surface area (Å²) in [6.45, 7) is 4.06. The van der Waals surface area contributed by atoms with Crippen LogP contribution in [0.2, 0.25) is 0 Å². The minimum atomic E-state index is -0.889. The van der Waals surface area contributed by atoms with E-state index in [4.69, 9.17) is 9.57 Å². The van der Waals surface area contributed by atoms with Crippen molar-refractivity contribution in [3.63, 3.8) is 0 Å². The fraction of sp³-hybridized carbons (Fsp3) is 0.231. The Morgan fingerprint density at radius 2 is 1.59 bits per heavy atom. The zero-order valence-electron chi connectivity index (χ0n) is 18.2. The molecular weight excluding hydrogens is 404 g/mol. The van der Waals surface area contributed by atoms with E-state index in [0.717, 1.165) is 22.4 Å². The predicted octanol–water partition coefficient (Wildman–Crippen LogP) is 4.36. The summed E-state index contributed by atoms with van der Waals surface area (Å²) in [6, 6.07) is 22.3. The van der Waals surface area contributed by atoms with Gasteiger partial charge in [0.1, 0.15) is 11.7 Å². The highest BCUT2D eigenvalue weighted by molar-refractivity contribution is 6.24. The molecule has 0 N–H and O–H groups in total. The second-order valence-corrected chi connectivity index (χ2v) is 8.23. The van der Waals surface area contributed by atoms with E-state index >= 15 is 0 Å². The highest BCUT2D eigenvalue weighted by atomic mass is 16.7. The first-order valence-electron chi connectivity index (χ1n) is 10.6. The number of para-hydroxylation sites is 1. The van der Waals surface area contributed by atoms with E-state index in [1.54, 1.807) is 36.4 Å². The molecule has 0 spiro atoms. The third kappa shape index (κ3) is 3.15. The van der Waals surface area contributed by atoms with Crippen LogP contribution in [0, 0.1) is 19.8 Å². The number of methoxy groups -OCH3 is 1. The molecule has 2 heterocycles. The monoisotopic (exact) mass is 428 g/mol. The average Bonchev–Trinajstić information content (AvgIpc) is 3.30. The summed E-state index contributed by atoms with van der Waals surface area (Å²) in [7, 11) is 1.55. The van der Waals surface area contributed by atoms with Crippen molar-refractivity contribution in [2.45, 2.75) is 26.0 Å². The molecule has 2 aliphatic rings. The van der Waals surface area contributed by atoms with Gasteiger partial charge in [0.25, 0.3) is 5.91 Å². The fourth-order valence-electron chi connectivity index (χ4n) is 4.69. The minimum Gasteiger partial charge on any atom is -0.497 e. The van der Waals surface area contributed by atoms with Crippen LogP contribution >= 0.6 is 0 Å². The molecule has 0 radical (unpaired) electrons. The van der Waals surface area contributed by atoms with E-state index in [-0.39, 0.29) is 11.8 Å². The van der Waals surface area contributed by atoms with Gasteiger partial charge in [0.15, 0.2) is 6.10 Å².